The first-order chi connectivity index (χ1) is 20.0. The number of fused-ring (bicyclic) bond motifs is 10. The van der Waals surface area contributed by atoms with Crippen LogP contribution in [0, 0.1) is 34.5 Å². The van der Waals surface area contributed by atoms with E-state index in [9.17, 15) is 0 Å². The normalized spacial score (nSPS) is 42.6. The molecular formula is C36H35Cl2N3. The maximum Gasteiger partial charge on any atom is 0.0836 e. The van der Waals surface area contributed by atoms with E-state index in [2.05, 4.69) is 47.6 Å². The van der Waals surface area contributed by atoms with Crippen molar-refractivity contribution < 1.29 is 0 Å². The van der Waals surface area contributed by atoms with Gasteiger partial charge in [0.25, 0.3) is 0 Å². The number of hydrogen-bond donors (Lipinski definition) is 0. The van der Waals surface area contributed by atoms with Gasteiger partial charge in [0.15, 0.2) is 0 Å². The van der Waals surface area contributed by atoms with Crippen molar-refractivity contribution in [3.63, 3.8) is 0 Å². The number of halogens is 2. The zero-order valence-corrected chi connectivity index (χ0v) is 24.8. The maximum atomic E-state index is 7.60. The predicted octanol–water partition coefficient (Wildman–Crippen LogP) is 10.0. The lowest BCUT2D eigenvalue weighted by molar-refractivity contribution is 0.00321. The molecule has 0 N–H and O–H groups in total. The van der Waals surface area contributed by atoms with Crippen LogP contribution in [0.1, 0.15) is 110 Å². The molecule has 10 atom stereocenters. The molecule has 2 spiro atoms. The molecule has 8 aliphatic rings. The predicted molar refractivity (Wildman–Crippen MR) is 163 cm³/mol. The minimum atomic E-state index is 0.542. The van der Waals surface area contributed by atoms with Crippen LogP contribution in [0.25, 0.3) is 0 Å². The Morgan fingerprint density at radius 1 is 0.585 bits per heavy atom. The van der Waals surface area contributed by atoms with Gasteiger partial charge in [-0.15, -0.1) is 0 Å². The third kappa shape index (κ3) is 2.64. The van der Waals surface area contributed by atoms with Crippen molar-refractivity contribution in [3.8, 4) is 0 Å². The van der Waals surface area contributed by atoms with Crippen LogP contribution in [0.15, 0.2) is 42.7 Å². The van der Waals surface area contributed by atoms with Crippen LogP contribution in [-0.4, -0.2) is 9.97 Å². The average molecular weight is 581 g/mol. The number of nitrogens with zero attached hydrogens (tertiary/aromatic N) is 3. The third-order valence-electron chi connectivity index (χ3n) is 14.4. The Morgan fingerprint density at radius 3 is 1.51 bits per heavy atom. The van der Waals surface area contributed by atoms with Crippen molar-refractivity contribution in [2.24, 2.45) is 34.5 Å². The van der Waals surface area contributed by atoms with Crippen LogP contribution in [0.2, 0.25) is 10.0 Å². The zero-order chi connectivity index (χ0) is 26.8. The summed E-state index contributed by atoms with van der Waals surface area (Å²) in [6.45, 7) is 0. The Balaban J connectivity index is 1.10. The summed E-state index contributed by atoms with van der Waals surface area (Å²) in [5.74, 6) is 5.90. The highest BCUT2D eigenvalue weighted by Gasteiger charge is 2.67. The molecular weight excluding hydrogens is 545 g/mol. The van der Waals surface area contributed by atoms with Crippen LogP contribution in [-0.2, 0) is 0 Å². The van der Waals surface area contributed by atoms with E-state index >= 15 is 0 Å². The fourth-order valence-corrected chi connectivity index (χ4v) is 13.7. The molecule has 10 unspecified atom stereocenters. The molecule has 0 saturated heterocycles. The van der Waals surface area contributed by atoms with Crippen LogP contribution < -0.4 is 4.90 Å². The molecule has 8 aliphatic carbocycles. The smallest absolute Gasteiger partial charge is 0.0836 e. The van der Waals surface area contributed by atoms with Gasteiger partial charge in [0.1, 0.15) is 0 Å². The Hall–Kier alpha value is -2.10. The Bertz CT molecular complexity index is 1570. The molecule has 6 bridgehead atoms. The van der Waals surface area contributed by atoms with Crippen LogP contribution in [0.3, 0.4) is 0 Å². The molecule has 0 aliphatic heterocycles. The lowest BCUT2D eigenvalue weighted by Crippen LogP contribution is -2.41. The second kappa shape index (κ2) is 7.51. The molecule has 1 aromatic carbocycles. The molecule has 3 nitrogen and oxygen atoms in total. The van der Waals surface area contributed by atoms with E-state index in [1.165, 1.54) is 86.7 Å². The van der Waals surface area contributed by atoms with E-state index in [-0.39, 0.29) is 0 Å². The van der Waals surface area contributed by atoms with E-state index < -0.39 is 0 Å². The first-order valence-electron chi connectivity index (χ1n) is 16.3. The molecule has 6 saturated carbocycles. The fourth-order valence-electron chi connectivity index (χ4n) is 12.9. The highest BCUT2D eigenvalue weighted by molar-refractivity contribution is 6.36. The monoisotopic (exact) mass is 579 g/mol. The first-order valence-corrected chi connectivity index (χ1v) is 17.0. The van der Waals surface area contributed by atoms with E-state index in [4.69, 9.17) is 33.2 Å². The number of hydrogen-bond acceptors (Lipinski definition) is 3. The van der Waals surface area contributed by atoms with Crippen LogP contribution >= 0.6 is 23.2 Å². The summed E-state index contributed by atoms with van der Waals surface area (Å²) in [4.78, 5) is 12.9. The summed E-state index contributed by atoms with van der Waals surface area (Å²) in [5, 5.41) is 1.80. The number of anilines is 3. The number of benzene rings is 1. The Morgan fingerprint density at radius 2 is 1.02 bits per heavy atom. The standard InChI is InChI=1S/C36H35Cl2N3/c37-31-27(16-39-33-20-8-24-10-22-6-18(29(31)33)12-35(22,24)14-20)41(26-4-2-1-3-5-26)28-17-40-34-21-9-25-11-23-7-19(30(34)32(28)38)13-36(23,25)15-21/h1-5,16-25H,6-15H2. The highest BCUT2D eigenvalue weighted by Crippen LogP contribution is 2.77. The van der Waals surface area contributed by atoms with Crippen molar-refractivity contribution in [1.82, 2.24) is 9.97 Å². The van der Waals surface area contributed by atoms with Gasteiger partial charge in [0.05, 0.1) is 33.8 Å². The summed E-state index contributed by atoms with van der Waals surface area (Å²) in [5.41, 5.74) is 9.49. The molecule has 3 aromatic rings. The van der Waals surface area contributed by atoms with Gasteiger partial charge in [-0.3, -0.25) is 9.97 Å². The second-order valence-electron chi connectivity index (χ2n) is 15.5. The molecule has 208 valence electrons. The van der Waals surface area contributed by atoms with Crippen molar-refractivity contribution in [2.45, 2.75) is 87.9 Å². The van der Waals surface area contributed by atoms with E-state index in [1.807, 2.05) is 0 Å². The van der Waals surface area contributed by atoms with Crippen molar-refractivity contribution in [3.05, 3.63) is 75.3 Å². The largest absolute Gasteiger partial charge is 0.305 e. The average Bonchev–Trinajstić information content (AvgIpc) is 3.59. The van der Waals surface area contributed by atoms with Gasteiger partial charge in [0.2, 0.25) is 0 Å². The fraction of sp³-hybridized carbons (Fsp3) is 0.556. The van der Waals surface area contributed by atoms with Crippen molar-refractivity contribution in [1.29, 1.82) is 0 Å². The van der Waals surface area contributed by atoms with Crippen molar-refractivity contribution >= 4 is 40.3 Å². The lowest BCUT2D eigenvalue weighted by atomic mass is 9.56. The number of rotatable bonds is 3. The Kier molecular flexibility index (Phi) is 4.28. The number of aromatic nitrogens is 2. The summed E-state index contributed by atoms with van der Waals surface area (Å²) < 4.78 is 0. The third-order valence-corrected chi connectivity index (χ3v) is 15.2. The van der Waals surface area contributed by atoms with Gasteiger partial charge >= 0.3 is 0 Å². The van der Waals surface area contributed by atoms with Gasteiger partial charge in [0, 0.05) is 28.9 Å². The lowest BCUT2D eigenvalue weighted by Gasteiger charge is -2.48. The molecule has 0 amide bonds. The second-order valence-corrected chi connectivity index (χ2v) is 16.2. The van der Waals surface area contributed by atoms with Gasteiger partial charge in [-0.2, -0.15) is 0 Å². The number of pyridine rings is 2. The van der Waals surface area contributed by atoms with Gasteiger partial charge in [-0.25, -0.2) is 0 Å². The maximum absolute atomic E-state index is 7.60. The van der Waals surface area contributed by atoms with Crippen LogP contribution in [0.4, 0.5) is 17.1 Å². The van der Waals surface area contributed by atoms with E-state index in [1.54, 1.807) is 0 Å². The number of para-hydroxylation sites is 1. The van der Waals surface area contributed by atoms with Crippen LogP contribution in [0.5, 0.6) is 0 Å². The molecule has 0 radical (unpaired) electrons. The van der Waals surface area contributed by atoms with Gasteiger partial charge < -0.3 is 4.90 Å². The molecule has 11 rings (SSSR count). The first kappa shape index (κ1) is 23.4. The van der Waals surface area contributed by atoms with Crippen molar-refractivity contribution in [2.75, 3.05) is 4.90 Å². The summed E-state index contributed by atoms with van der Waals surface area (Å²) >= 11 is 15.2. The minimum absolute atomic E-state index is 0.542. The highest BCUT2D eigenvalue weighted by atomic mass is 35.5. The molecule has 41 heavy (non-hydrogen) atoms. The quantitative estimate of drug-likeness (QED) is 0.309. The molecule has 6 fully saturated rings. The van der Waals surface area contributed by atoms with E-state index in [0.29, 0.717) is 34.5 Å². The molecule has 2 aromatic heterocycles. The zero-order valence-electron chi connectivity index (χ0n) is 23.3. The van der Waals surface area contributed by atoms with Gasteiger partial charge in [-0.05, 0) is 134 Å². The summed E-state index contributed by atoms with van der Waals surface area (Å²) in [7, 11) is 0. The van der Waals surface area contributed by atoms with E-state index in [0.717, 1.165) is 50.8 Å². The minimum Gasteiger partial charge on any atom is -0.305 e. The SMILES string of the molecule is Clc1c(N(c2ccccc2)c2cnc3c(c2Cl)C2CC4CC5CC3CC54C2)cnc2c1C1CC3CC4CC2CC43C1. The molecule has 5 heteroatoms. The summed E-state index contributed by atoms with van der Waals surface area (Å²) in [6, 6.07) is 10.6. The Labute approximate surface area is 252 Å². The molecule has 2 heterocycles. The summed E-state index contributed by atoms with van der Waals surface area (Å²) in [6.07, 6.45) is 17.5. The van der Waals surface area contributed by atoms with Gasteiger partial charge in [-0.1, -0.05) is 41.4 Å². The topological polar surface area (TPSA) is 29.0 Å².